The number of nitrogens with two attached hydrogens (primary N) is 1. The van der Waals surface area contributed by atoms with E-state index in [1.807, 2.05) is 0 Å². The van der Waals surface area contributed by atoms with Crippen LogP contribution in [0.5, 0.6) is 0 Å². The molecule has 6 N–H and O–H groups in total. The van der Waals surface area contributed by atoms with Crippen LogP contribution in [-0.2, 0) is 4.74 Å². The average molecular weight is 179 g/mol. The summed E-state index contributed by atoms with van der Waals surface area (Å²) in [5.74, 6) is 0. The summed E-state index contributed by atoms with van der Waals surface area (Å²) in [6.07, 6.45) is -6.48. The van der Waals surface area contributed by atoms with Gasteiger partial charge in [0.25, 0.3) is 0 Å². The predicted octanol–water partition coefficient (Wildman–Crippen LogP) is -3.25. The molecule has 72 valence electrons. The molecule has 0 amide bonds. The first-order chi connectivity index (χ1) is 5.57. The first-order valence-corrected chi connectivity index (χ1v) is 3.65. The SMILES string of the molecule is NCC1O[C@@H](O)C(O)C(O)[C@H]1O. The van der Waals surface area contributed by atoms with Gasteiger partial charge < -0.3 is 30.9 Å². The lowest BCUT2D eigenvalue weighted by Crippen LogP contribution is -2.59. The molecule has 12 heavy (non-hydrogen) atoms. The van der Waals surface area contributed by atoms with Crippen LogP contribution in [0.2, 0.25) is 0 Å². The molecule has 5 atom stereocenters. The van der Waals surface area contributed by atoms with Crippen LogP contribution in [-0.4, -0.2) is 57.7 Å². The third-order valence-electron chi connectivity index (χ3n) is 1.92. The Hall–Kier alpha value is -0.240. The highest BCUT2D eigenvalue weighted by atomic mass is 16.6. The smallest absolute Gasteiger partial charge is 0.184 e. The van der Waals surface area contributed by atoms with Gasteiger partial charge in [0.1, 0.15) is 24.4 Å². The van der Waals surface area contributed by atoms with Crippen molar-refractivity contribution < 1.29 is 25.2 Å². The van der Waals surface area contributed by atoms with Gasteiger partial charge in [-0.3, -0.25) is 0 Å². The Morgan fingerprint density at radius 1 is 1.00 bits per heavy atom. The molecule has 1 rings (SSSR count). The summed E-state index contributed by atoms with van der Waals surface area (Å²) in [4.78, 5) is 0. The summed E-state index contributed by atoms with van der Waals surface area (Å²) >= 11 is 0. The van der Waals surface area contributed by atoms with E-state index in [0.29, 0.717) is 0 Å². The van der Waals surface area contributed by atoms with Crippen molar-refractivity contribution in [1.82, 2.24) is 0 Å². The molecular formula is C6H13NO5. The third-order valence-corrected chi connectivity index (χ3v) is 1.92. The highest BCUT2D eigenvalue weighted by molar-refractivity contribution is 4.88. The van der Waals surface area contributed by atoms with Gasteiger partial charge >= 0.3 is 0 Å². The minimum atomic E-state index is -1.49. The van der Waals surface area contributed by atoms with E-state index in [-0.39, 0.29) is 6.54 Å². The summed E-state index contributed by atoms with van der Waals surface area (Å²) in [5.41, 5.74) is 5.17. The van der Waals surface area contributed by atoms with Crippen molar-refractivity contribution in [1.29, 1.82) is 0 Å². The quantitative estimate of drug-likeness (QED) is 0.288. The average Bonchev–Trinajstić information content (AvgIpc) is 2.08. The Bertz CT molecular complexity index is 150. The van der Waals surface area contributed by atoms with E-state index in [4.69, 9.17) is 25.8 Å². The molecule has 1 fully saturated rings. The lowest BCUT2D eigenvalue weighted by atomic mass is 9.99. The van der Waals surface area contributed by atoms with Crippen molar-refractivity contribution in [3.8, 4) is 0 Å². The maximum absolute atomic E-state index is 9.20. The lowest BCUT2D eigenvalue weighted by molar-refractivity contribution is -0.279. The van der Waals surface area contributed by atoms with Crippen LogP contribution in [0.4, 0.5) is 0 Å². The topological polar surface area (TPSA) is 116 Å². The number of hydrogen-bond donors (Lipinski definition) is 5. The van der Waals surface area contributed by atoms with E-state index in [1.54, 1.807) is 0 Å². The van der Waals surface area contributed by atoms with E-state index < -0.39 is 30.7 Å². The van der Waals surface area contributed by atoms with Gasteiger partial charge in [-0.15, -0.1) is 0 Å². The minimum Gasteiger partial charge on any atom is -0.388 e. The van der Waals surface area contributed by atoms with E-state index >= 15 is 0 Å². The van der Waals surface area contributed by atoms with Crippen molar-refractivity contribution in [2.45, 2.75) is 30.7 Å². The molecule has 1 saturated heterocycles. The second kappa shape index (κ2) is 3.65. The van der Waals surface area contributed by atoms with Crippen LogP contribution >= 0.6 is 0 Å². The normalized spacial score (nSPS) is 49.2. The van der Waals surface area contributed by atoms with Crippen molar-refractivity contribution in [2.75, 3.05) is 6.54 Å². The number of hydrogen-bond acceptors (Lipinski definition) is 6. The molecule has 0 bridgehead atoms. The molecule has 0 spiro atoms. The van der Waals surface area contributed by atoms with Crippen LogP contribution in [0.1, 0.15) is 0 Å². The summed E-state index contributed by atoms with van der Waals surface area (Å²) < 4.78 is 4.70. The van der Waals surface area contributed by atoms with Gasteiger partial charge in [0.05, 0.1) is 0 Å². The Labute approximate surface area is 69.2 Å². The van der Waals surface area contributed by atoms with Gasteiger partial charge in [-0.1, -0.05) is 0 Å². The van der Waals surface area contributed by atoms with Gasteiger partial charge in [0.2, 0.25) is 0 Å². The number of rotatable bonds is 1. The van der Waals surface area contributed by atoms with Crippen molar-refractivity contribution in [3.63, 3.8) is 0 Å². The fraction of sp³-hybridized carbons (Fsp3) is 1.00. The molecule has 1 aliphatic rings. The monoisotopic (exact) mass is 179 g/mol. The third kappa shape index (κ3) is 1.58. The van der Waals surface area contributed by atoms with Crippen LogP contribution < -0.4 is 5.73 Å². The summed E-state index contributed by atoms with van der Waals surface area (Å²) in [6, 6.07) is 0. The zero-order valence-electron chi connectivity index (χ0n) is 6.37. The molecule has 3 unspecified atom stereocenters. The van der Waals surface area contributed by atoms with Crippen molar-refractivity contribution in [2.24, 2.45) is 5.73 Å². The summed E-state index contributed by atoms with van der Waals surface area (Å²) in [7, 11) is 0. The van der Waals surface area contributed by atoms with Gasteiger partial charge in [0, 0.05) is 6.54 Å². The molecule has 0 aromatic heterocycles. The zero-order valence-corrected chi connectivity index (χ0v) is 6.37. The molecule has 0 aliphatic carbocycles. The van der Waals surface area contributed by atoms with Crippen LogP contribution in [0.25, 0.3) is 0 Å². The fourth-order valence-corrected chi connectivity index (χ4v) is 1.13. The van der Waals surface area contributed by atoms with Gasteiger partial charge in [0.15, 0.2) is 6.29 Å². The van der Waals surface area contributed by atoms with Gasteiger partial charge in [-0.2, -0.15) is 0 Å². The van der Waals surface area contributed by atoms with E-state index in [1.165, 1.54) is 0 Å². The standard InChI is InChI=1S/C6H13NO5/c7-1-2-3(8)4(9)5(10)6(11)12-2/h2-6,8-11H,1,7H2/t2?,3-,4?,5?,6+/m0/s1. The maximum Gasteiger partial charge on any atom is 0.184 e. The second-order valence-electron chi connectivity index (χ2n) is 2.77. The molecule has 0 saturated carbocycles. The Morgan fingerprint density at radius 2 is 1.58 bits per heavy atom. The molecular weight excluding hydrogens is 166 g/mol. The number of ether oxygens (including phenoxy) is 1. The Kier molecular flexibility index (Phi) is 2.99. The molecule has 0 aromatic rings. The number of aliphatic hydroxyl groups is 4. The molecule has 0 radical (unpaired) electrons. The van der Waals surface area contributed by atoms with Crippen molar-refractivity contribution >= 4 is 0 Å². The van der Waals surface area contributed by atoms with Gasteiger partial charge in [-0.05, 0) is 0 Å². The maximum atomic E-state index is 9.20. The predicted molar refractivity (Wildman–Crippen MR) is 38.0 cm³/mol. The highest BCUT2D eigenvalue weighted by Gasteiger charge is 2.42. The Morgan fingerprint density at radius 3 is 2.08 bits per heavy atom. The van der Waals surface area contributed by atoms with Crippen LogP contribution in [0.15, 0.2) is 0 Å². The second-order valence-corrected chi connectivity index (χ2v) is 2.77. The zero-order chi connectivity index (χ0) is 9.30. The molecule has 6 nitrogen and oxygen atoms in total. The molecule has 0 aromatic carbocycles. The van der Waals surface area contributed by atoms with E-state index in [9.17, 15) is 5.11 Å². The van der Waals surface area contributed by atoms with Crippen LogP contribution in [0, 0.1) is 0 Å². The van der Waals surface area contributed by atoms with E-state index in [0.717, 1.165) is 0 Å². The molecule has 1 heterocycles. The Balaban J connectivity index is 2.63. The molecule has 6 heteroatoms. The van der Waals surface area contributed by atoms with Gasteiger partial charge in [-0.25, -0.2) is 0 Å². The largest absolute Gasteiger partial charge is 0.388 e. The van der Waals surface area contributed by atoms with Crippen molar-refractivity contribution in [3.05, 3.63) is 0 Å². The van der Waals surface area contributed by atoms with E-state index in [2.05, 4.69) is 0 Å². The first-order valence-electron chi connectivity index (χ1n) is 3.65. The van der Waals surface area contributed by atoms with Crippen LogP contribution in [0.3, 0.4) is 0 Å². The summed E-state index contributed by atoms with van der Waals surface area (Å²) in [5, 5.41) is 36.3. The summed E-state index contributed by atoms with van der Waals surface area (Å²) in [6.45, 7) is -0.0258. The molecule has 1 aliphatic heterocycles. The lowest BCUT2D eigenvalue weighted by Gasteiger charge is -2.37. The fourth-order valence-electron chi connectivity index (χ4n) is 1.13. The first kappa shape index (κ1) is 9.85. The number of aliphatic hydroxyl groups excluding tert-OH is 4. The highest BCUT2D eigenvalue weighted by Crippen LogP contribution is 2.18. The minimum absolute atomic E-state index is 0.0258.